The SMILES string of the molecule is Cc1ccc(C(F)(F)F)c(C(=O)N2CC[C@@H](C)C2)c1. The Morgan fingerprint density at radius 1 is 1.37 bits per heavy atom. The lowest BCUT2D eigenvalue weighted by molar-refractivity contribution is -0.138. The fraction of sp³-hybridized carbons (Fsp3) is 0.500. The maximum absolute atomic E-state index is 12.9. The quantitative estimate of drug-likeness (QED) is 0.765. The van der Waals surface area contributed by atoms with Gasteiger partial charge in [0.05, 0.1) is 11.1 Å². The second-order valence-electron chi connectivity index (χ2n) is 5.19. The van der Waals surface area contributed by atoms with Crippen molar-refractivity contribution in [1.82, 2.24) is 4.90 Å². The highest BCUT2D eigenvalue weighted by atomic mass is 19.4. The Labute approximate surface area is 110 Å². The Morgan fingerprint density at radius 2 is 2.05 bits per heavy atom. The number of amides is 1. The number of carbonyl (C=O) groups excluding carboxylic acids is 1. The smallest absolute Gasteiger partial charge is 0.338 e. The summed E-state index contributed by atoms with van der Waals surface area (Å²) >= 11 is 0. The number of halogens is 3. The second kappa shape index (κ2) is 4.87. The summed E-state index contributed by atoms with van der Waals surface area (Å²) in [6.45, 7) is 4.74. The molecule has 2 rings (SSSR count). The number of hydrogen-bond donors (Lipinski definition) is 0. The number of alkyl halides is 3. The number of hydrogen-bond acceptors (Lipinski definition) is 1. The van der Waals surface area contributed by atoms with Gasteiger partial charge in [0.15, 0.2) is 0 Å². The van der Waals surface area contributed by atoms with E-state index in [2.05, 4.69) is 0 Å². The zero-order chi connectivity index (χ0) is 14.2. The molecular formula is C14H16F3NO. The Morgan fingerprint density at radius 3 is 2.58 bits per heavy atom. The molecule has 2 nitrogen and oxygen atoms in total. The minimum atomic E-state index is -4.50. The topological polar surface area (TPSA) is 20.3 Å². The molecule has 1 atom stereocenters. The minimum Gasteiger partial charge on any atom is -0.338 e. The minimum absolute atomic E-state index is 0.235. The van der Waals surface area contributed by atoms with E-state index in [-0.39, 0.29) is 5.56 Å². The number of likely N-dealkylation sites (tertiary alicyclic amines) is 1. The highest BCUT2D eigenvalue weighted by Crippen LogP contribution is 2.33. The molecule has 5 heteroatoms. The van der Waals surface area contributed by atoms with Crippen molar-refractivity contribution >= 4 is 5.91 Å². The summed E-state index contributed by atoms with van der Waals surface area (Å²) in [6.07, 6.45) is -3.65. The van der Waals surface area contributed by atoms with Gasteiger partial charge < -0.3 is 4.90 Å². The van der Waals surface area contributed by atoms with Crippen LogP contribution in [0.15, 0.2) is 18.2 Å². The van der Waals surface area contributed by atoms with Crippen LogP contribution >= 0.6 is 0 Å². The highest BCUT2D eigenvalue weighted by molar-refractivity contribution is 5.96. The maximum Gasteiger partial charge on any atom is 0.417 e. The molecule has 1 heterocycles. The van der Waals surface area contributed by atoms with E-state index >= 15 is 0 Å². The molecule has 19 heavy (non-hydrogen) atoms. The van der Waals surface area contributed by atoms with Crippen molar-refractivity contribution in [2.24, 2.45) is 5.92 Å². The predicted octanol–water partition coefficient (Wildman–Crippen LogP) is 3.50. The molecule has 0 aliphatic carbocycles. The summed E-state index contributed by atoms with van der Waals surface area (Å²) in [5, 5.41) is 0. The lowest BCUT2D eigenvalue weighted by Gasteiger charge is -2.19. The van der Waals surface area contributed by atoms with Crippen LogP contribution in [0.25, 0.3) is 0 Å². The van der Waals surface area contributed by atoms with E-state index in [1.165, 1.54) is 17.0 Å². The standard InChI is InChI=1S/C14H16F3NO/c1-9-3-4-12(14(15,16)17)11(7-9)13(19)18-6-5-10(2)8-18/h3-4,7,10H,5-6,8H2,1-2H3/t10-/m1/s1. The van der Waals surface area contributed by atoms with Gasteiger partial charge in [-0.05, 0) is 31.4 Å². The first-order chi connectivity index (χ1) is 8.79. The van der Waals surface area contributed by atoms with Gasteiger partial charge in [-0.1, -0.05) is 18.6 Å². The second-order valence-corrected chi connectivity index (χ2v) is 5.19. The molecule has 1 amide bonds. The van der Waals surface area contributed by atoms with E-state index in [1.54, 1.807) is 6.92 Å². The highest BCUT2D eigenvalue weighted by Gasteiger charge is 2.37. The van der Waals surface area contributed by atoms with Crippen LogP contribution in [0, 0.1) is 12.8 Å². The summed E-state index contributed by atoms with van der Waals surface area (Å²) in [5.41, 5.74) is -0.423. The molecule has 0 radical (unpaired) electrons. The lowest BCUT2D eigenvalue weighted by atomic mass is 10.0. The molecule has 0 saturated carbocycles. The van der Waals surface area contributed by atoms with Gasteiger partial charge in [-0.25, -0.2) is 0 Å². The van der Waals surface area contributed by atoms with Gasteiger partial charge in [0.2, 0.25) is 0 Å². The molecule has 104 valence electrons. The van der Waals surface area contributed by atoms with Crippen LogP contribution in [0.3, 0.4) is 0 Å². The van der Waals surface area contributed by atoms with Crippen molar-refractivity contribution in [3.05, 3.63) is 34.9 Å². The van der Waals surface area contributed by atoms with Crippen LogP contribution in [-0.2, 0) is 6.18 Å². The zero-order valence-corrected chi connectivity index (χ0v) is 10.9. The van der Waals surface area contributed by atoms with Crippen molar-refractivity contribution in [2.75, 3.05) is 13.1 Å². The summed E-state index contributed by atoms with van der Waals surface area (Å²) in [6, 6.07) is 3.70. The molecule has 1 fully saturated rings. The molecule has 0 bridgehead atoms. The van der Waals surface area contributed by atoms with Crippen LogP contribution in [-0.4, -0.2) is 23.9 Å². The summed E-state index contributed by atoms with van der Waals surface area (Å²) < 4.78 is 38.8. The van der Waals surface area contributed by atoms with Gasteiger partial charge in [0.25, 0.3) is 5.91 Å². The van der Waals surface area contributed by atoms with Gasteiger partial charge >= 0.3 is 6.18 Å². The van der Waals surface area contributed by atoms with Crippen molar-refractivity contribution in [2.45, 2.75) is 26.4 Å². The normalized spacial score (nSPS) is 19.8. The van der Waals surface area contributed by atoms with Crippen molar-refractivity contribution in [3.8, 4) is 0 Å². The number of nitrogens with zero attached hydrogens (tertiary/aromatic N) is 1. The molecular weight excluding hydrogens is 255 g/mol. The van der Waals surface area contributed by atoms with Crippen molar-refractivity contribution < 1.29 is 18.0 Å². The van der Waals surface area contributed by atoms with Crippen LogP contribution in [0.5, 0.6) is 0 Å². The molecule has 1 aliphatic heterocycles. The molecule has 0 spiro atoms. The van der Waals surface area contributed by atoms with Crippen LogP contribution in [0.1, 0.15) is 34.8 Å². The lowest BCUT2D eigenvalue weighted by Crippen LogP contribution is -2.30. The van der Waals surface area contributed by atoms with Crippen molar-refractivity contribution in [1.29, 1.82) is 0 Å². The third-order valence-corrected chi connectivity index (χ3v) is 3.42. The van der Waals surface area contributed by atoms with E-state index in [0.29, 0.717) is 24.6 Å². The average molecular weight is 271 g/mol. The Hall–Kier alpha value is -1.52. The van der Waals surface area contributed by atoms with Crippen LogP contribution in [0.2, 0.25) is 0 Å². The third-order valence-electron chi connectivity index (χ3n) is 3.42. The van der Waals surface area contributed by atoms with E-state index in [9.17, 15) is 18.0 Å². The summed E-state index contributed by atoms with van der Waals surface area (Å²) in [7, 11) is 0. The first-order valence-corrected chi connectivity index (χ1v) is 6.26. The van der Waals surface area contributed by atoms with E-state index in [1.807, 2.05) is 6.92 Å². The van der Waals surface area contributed by atoms with Crippen LogP contribution in [0.4, 0.5) is 13.2 Å². The molecule has 1 aliphatic rings. The first-order valence-electron chi connectivity index (χ1n) is 6.26. The average Bonchev–Trinajstić information content (AvgIpc) is 2.73. The Balaban J connectivity index is 2.38. The van der Waals surface area contributed by atoms with Crippen molar-refractivity contribution in [3.63, 3.8) is 0 Å². The van der Waals surface area contributed by atoms with E-state index < -0.39 is 17.6 Å². The predicted molar refractivity (Wildman–Crippen MR) is 65.9 cm³/mol. The van der Waals surface area contributed by atoms with Crippen LogP contribution < -0.4 is 0 Å². The Bertz CT molecular complexity index is 496. The van der Waals surface area contributed by atoms with Gasteiger partial charge in [0.1, 0.15) is 0 Å². The summed E-state index contributed by atoms with van der Waals surface area (Å²) in [4.78, 5) is 13.7. The largest absolute Gasteiger partial charge is 0.417 e. The zero-order valence-electron chi connectivity index (χ0n) is 10.9. The van der Waals surface area contributed by atoms with Gasteiger partial charge in [-0.2, -0.15) is 13.2 Å². The monoisotopic (exact) mass is 271 g/mol. The molecule has 1 saturated heterocycles. The molecule has 0 aromatic heterocycles. The fourth-order valence-electron chi connectivity index (χ4n) is 2.37. The number of aryl methyl sites for hydroxylation is 1. The first kappa shape index (κ1) is 13.9. The molecule has 1 aromatic carbocycles. The number of rotatable bonds is 1. The maximum atomic E-state index is 12.9. The van der Waals surface area contributed by atoms with Gasteiger partial charge in [0, 0.05) is 13.1 Å². The molecule has 0 N–H and O–H groups in total. The Kier molecular flexibility index (Phi) is 3.56. The van der Waals surface area contributed by atoms with E-state index in [0.717, 1.165) is 12.5 Å². The fourth-order valence-corrected chi connectivity index (χ4v) is 2.37. The molecule has 0 unspecified atom stereocenters. The number of benzene rings is 1. The molecule has 1 aromatic rings. The third kappa shape index (κ3) is 2.91. The summed E-state index contributed by atoms with van der Waals surface area (Å²) in [5.74, 6) is -0.163. The van der Waals surface area contributed by atoms with Gasteiger partial charge in [-0.3, -0.25) is 4.79 Å². The van der Waals surface area contributed by atoms with E-state index in [4.69, 9.17) is 0 Å². The number of carbonyl (C=O) groups is 1. The van der Waals surface area contributed by atoms with Gasteiger partial charge in [-0.15, -0.1) is 0 Å².